The van der Waals surface area contributed by atoms with E-state index in [-0.39, 0.29) is 24.3 Å². The number of amides is 2. The molecule has 0 spiro atoms. The summed E-state index contributed by atoms with van der Waals surface area (Å²) in [5.41, 5.74) is 5.27. The molecule has 2 amide bonds. The zero-order valence-electron chi connectivity index (χ0n) is 11.1. The molecule has 1 heterocycles. The molecule has 118 valence electrons. The van der Waals surface area contributed by atoms with E-state index in [2.05, 4.69) is 10.6 Å². The van der Waals surface area contributed by atoms with Gasteiger partial charge in [-0.2, -0.15) is 11.8 Å². The smallest absolute Gasteiger partial charge is 0.327 e. The van der Waals surface area contributed by atoms with Crippen molar-refractivity contribution in [2.24, 2.45) is 5.73 Å². The summed E-state index contributed by atoms with van der Waals surface area (Å²) < 4.78 is 0. The molecule has 1 rings (SSSR count). The van der Waals surface area contributed by atoms with Crippen molar-refractivity contribution in [1.82, 2.24) is 10.6 Å². The molecule has 6 N–H and O–H groups in total. The highest BCUT2D eigenvalue weighted by molar-refractivity contribution is 7.99. The third-order valence-corrected chi connectivity index (χ3v) is 3.97. The van der Waals surface area contributed by atoms with Crippen molar-refractivity contribution in [1.29, 1.82) is 0 Å². The maximum absolute atomic E-state index is 11.8. The van der Waals surface area contributed by atoms with Gasteiger partial charge in [-0.3, -0.25) is 14.4 Å². The highest BCUT2D eigenvalue weighted by Crippen LogP contribution is 2.11. The second-order valence-electron chi connectivity index (χ2n) is 4.54. The Hall–Kier alpha value is -1.81. The van der Waals surface area contributed by atoms with Gasteiger partial charge in [-0.15, -0.1) is 0 Å². The summed E-state index contributed by atoms with van der Waals surface area (Å²) in [6.45, 7) is 0. The maximum atomic E-state index is 11.8. The summed E-state index contributed by atoms with van der Waals surface area (Å²) in [5, 5.41) is 22.2. The minimum Gasteiger partial charge on any atom is -0.480 e. The number of aliphatic carboxylic acids is 2. The van der Waals surface area contributed by atoms with E-state index in [4.69, 9.17) is 15.9 Å². The predicted molar refractivity (Wildman–Crippen MR) is 73.7 cm³/mol. The van der Waals surface area contributed by atoms with Crippen LogP contribution in [-0.2, 0) is 19.2 Å². The lowest BCUT2D eigenvalue weighted by Gasteiger charge is -2.16. The number of nitrogens with two attached hydrogens (primary N) is 1. The summed E-state index contributed by atoms with van der Waals surface area (Å²) in [6, 6.07) is -2.96. The molecule has 3 atom stereocenters. The van der Waals surface area contributed by atoms with Crippen LogP contribution < -0.4 is 16.4 Å². The van der Waals surface area contributed by atoms with Crippen molar-refractivity contribution in [2.45, 2.75) is 31.0 Å². The van der Waals surface area contributed by atoms with E-state index in [0.29, 0.717) is 0 Å². The van der Waals surface area contributed by atoms with E-state index in [1.807, 2.05) is 0 Å². The average Bonchev–Trinajstić information content (AvgIpc) is 2.58. The Kier molecular flexibility index (Phi) is 6.43. The molecular weight excluding hydrogens is 302 g/mol. The molecule has 0 aliphatic carbocycles. The Labute approximate surface area is 124 Å². The molecular formula is C11H17N3O6S. The van der Waals surface area contributed by atoms with Gasteiger partial charge in [0.05, 0.1) is 0 Å². The zero-order valence-corrected chi connectivity index (χ0v) is 11.9. The molecule has 0 saturated carbocycles. The molecule has 1 aliphatic heterocycles. The number of thioether (sulfide) groups is 1. The molecule has 0 aromatic rings. The number of carboxylic acid groups (broad SMARTS) is 2. The van der Waals surface area contributed by atoms with E-state index < -0.39 is 41.9 Å². The fourth-order valence-electron chi connectivity index (χ4n) is 1.61. The highest BCUT2D eigenvalue weighted by atomic mass is 32.2. The average molecular weight is 319 g/mol. The second-order valence-corrected chi connectivity index (χ2v) is 5.62. The van der Waals surface area contributed by atoms with Crippen molar-refractivity contribution in [3.05, 3.63) is 0 Å². The van der Waals surface area contributed by atoms with Gasteiger partial charge >= 0.3 is 11.9 Å². The van der Waals surface area contributed by atoms with Crippen LogP contribution in [0.5, 0.6) is 0 Å². The minimum atomic E-state index is -1.20. The van der Waals surface area contributed by atoms with Gasteiger partial charge in [0.15, 0.2) is 0 Å². The molecule has 2 unspecified atom stereocenters. The van der Waals surface area contributed by atoms with Crippen LogP contribution in [-0.4, -0.2) is 63.6 Å². The largest absolute Gasteiger partial charge is 0.480 e. The summed E-state index contributed by atoms with van der Waals surface area (Å²) in [5.74, 6) is -2.92. The Morgan fingerprint density at radius 1 is 1.38 bits per heavy atom. The Morgan fingerprint density at radius 3 is 2.62 bits per heavy atom. The van der Waals surface area contributed by atoms with Crippen LogP contribution in [0.25, 0.3) is 0 Å². The lowest BCUT2D eigenvalue weighted by Crippen LogP contribution is -2.51. The van der Waals surface area contributed by atoms with E-state index >= 15 is 0 Å². The summed E-state index contributed by atoms with van der Waals surface area (Å²) in [7, 11) is 0. The molecule has 0 bridgehead atoms. The fourth-order valence-corrected chi connectivity index (χ4v) is 2.68. The molecule has 0 aromatic carbocycles. The molecule has 9 nitrogen and oxygen atoms in total. The molecule has 1 fully saturated rings. The van der Waals surface area contributed by atoms with Gasteiger partial charge in [0.25, 0.3) is 0 Å². The summed E-state index contributed by atoms with van der Waals surface area (Å²) >= 11 is 1.24. The lowest BCUT2D eigenvalue weighted by atomic mass is 10.1. The Balaban J connectivity index is 2.46. The lowest BCUT2D eigenvalue weighted by molar-refractivity contribution is -0.141. The normalized spacial score (nSPS) is 23.6. The first-order chi connectivity index (χ1) is 9.81. The van der Waals surface area contributed by atoms with Gasteiger partial charge in [-0.25, -0.2) is 4.79 Å². The summed E-state index contributed by atoms with van der Waals surface area (Å²) in [6.07, 6.45) is -0.162. The first-order valence-electron chi connectivity index (χ1n) is 6.20. The predicted octanol–water partition coefficient (Wildman–Crippen LogP) is -2.02. The topological polar surface area (TPSA) is 159 Å². The first-order valence-corrected chi connectivity index (χ1v) is 7.35. The number of carbonyl (C=O) groups is 4. The van der Waals surface area contributed by atoms with Crippen LogP contribution >= 0.6 is 11.8 Å². The van der Waals surface area contributed by atoms with Gasteiger partial charge < -0.3 is 26.6 Å². The van der Waals surface area contributed by atoms with Crippen molar-refractivity contribution in [3.8, 4) is 0 Å². The first kappa shape index (κ1) is 17.2. The van der Waals surface area contributed by atoms with Crippen LogP contribution in [0.15, 0.2) is 0 Å². The standard InChI is InChI=1S/C11H17N3O6S/c12-5(10(17)18)1-2-8(15)13-6-3-21-4-7(11(19)20)14-9(6)16/h5-7H,1-4,12H2,(H,13,15)(H,14,16)(H,17,18)(H,19,20)/t5-,6?,7?/m0/s1. The van der Waals surface area contributed by atoms with Crippen LogP contribution in [0, 0.1) is 0 Å². The van der Waals surface area contributed by atoms with Gasteiger partial charge in [0, 0.05) is 17.9 Å². The van der Waals surface area contributed by atoms with Crippen molar-refractivity contribution in [2.75, 3.05) is 11.5 Å². The molecule has 0 aromatic heterocycles. The minimum absolute atomic E-state index is 0.0413. The van der Waals surface area contributed by atoms with Crippen LogP contribution in [0.1, 0.15) is 12.8 Å². The van der Waals surface area contributed by atoms with E-state index in [9.17, 15) is 19.2 Å². The quantitative estimate of drug-likeness (QED) is 0.375. The molecule has 1 saturated heterocycles. The van der Waals surface area contributed by atoms with E-state index in [0.717, 1.165) is 0 Å². The number of rotatable bonds is 6. The monoisotopic (exact) mass is 319 g/mol. The van der Waals surface area contributed by atoms with Crippen molar-refractivity contribution in [3.63, 3.8) is 0 Å². The Bertz CT molecular complexity index is 444. The highest BCUT2D eigenvalue weighted by Gasteiger charge is 2.30. The number of nitrogens with one attached hydrogen (secondary N) is 2. The number of carboxylic acids is 2. The zero-order chi connectivity index (χ0) is 16.0. The second kappa shape index (κ2) is 7.84. The van der Waals surface area contributed by atoms with Crippen molar-refractivity contribution >= 4 is 35.5 Å². The number of carbonyl (C=O) groups excluding carboxylic acids is 2. The number of hydrogen-bond donors (Lipinski definition) is 5. The summed E-state index contributed by atoms with van der Waals surface area (Å²) in [4.78, 5) is 44.8. The fraction of sp³-hybridized carbons (Fsp3) is 0.636. The van der Waals surface area contributed by atoms with Gasteiger partial charge in [0.2, 0.25) is 11.8 Å². The maximum Gasteiger partial charge on any atom is 0.327 e. The van der Waals surface area contributed by atoms with Crippen LogP contribution in [0.3, 0.4) is 0 Å². The van der Waals surface area contributed by atoms with Crippen molar-refractivity contribution < 1.29 is 29.4 Å². The van der Waals surface area contributed by atoms with Crippen LogP contribution in [0.4, 0.5) is 0 Å². The van der Waals surface area contributed by atoms with E-state index in [1.165, 1.54) is 11.8 Å². The molecule has 21 heavy (non-hydrogen) atoms. The van der Waals surface area contributed by atoms with E-state index in [1.54, 1.807) is 0 Å². The SMILES string of the molecule is N[C@@H](CCC(=O)NC1CSCC(C(=O)O)NC1=O)C(=O)O. The Morgan fingerprint density at radius 2 is 2.05 bits per heavy atom. The van der Waals surface area contributed by atoms with Crippen LogP contribution in [0.2, 0.25) is 0 Å². The molecule has 0 radical (unpaired) electrons. The third kappa shape index (κ3) is 5.60. The van der Waals surface area contributed by atoms with Gasteiger partial charge in [-0.05, 0) is 6.42 Å². The number of hydrogen-bond acceptors (Lipinski definition) is 6. The molecule has 10 heteroatoms. The third-order valence-electron chi connectivity index (χ3n) is 2.83. The molecule has 1 aliphatic rings. The van der Waals surface area contributed by atoms with Gasteiger partial charge in [-0.1, -0.05) is 0 Å². The van der Waals surface area contributed by atoms with Gasteiger partial charge in [0.1, 0.15) is 18.1 Å².